The normalized spacial score (nSPS) is 23.9. The molecule has 1 N–H and O–H groups in total. The summed E-state index contributed by atoms with van der Waals surface area (Å²) in [4.78, 5) is 17.2. The fourth-order valence-electron chi connectivity index (χ4n) is 3.23. The van der Waals surface area contributed by atoms with Crippen LogP contribution in [-0.2, 0) is 12.8 Å². The van der Waals surface area contributed by atoms with Crippen molar-refractivity contribution >= 4 is 17.2 Å². The van der Waals surface area contributed by atoms with Gasteiger partial charge in [-0.1, -0.05) is 12.8 Å². The average Bonchev–Trinajstić information content (AvgIpc) is 2.81. The lowest BCUT2D eigenvalue weighted by molar-refractivity contribution is 0.0660. The highest BCUT2D eigenvalue weighted by molar-refractivity contribution is 7.14. The third-order valence-electron chi connectivity index (χ3n) is 4.47. The molecule has 20 heavy (non-hydrogen) atoms. The molecule has 1 unspecified atom stereocenters. The number of rotatable bonds is 1. The molecular weight excluding hydrogens is 268 g/mol. The van der Waals surface area contributed by atoms with Gasteiger partial charge >= 0.3 is 0 Å². The summed E-state index contributed by atoms with van der Waals surface area (Å²) in [6.07, 6.45) is 7.58. The topological polar surface area (TPSA) is 32.3 Å². The molecule has 2 aliphatic rings. The predicted molar refractivity (Wildman–Crippen MR) is 83.6 cm³/mol. The van der Waals surface area contributed by atoms with E-state index in [9.17, 15) is 4.79 Å². The quantitative estimate of drug-likeness (QED) is 0.863. The number of nitrogens with zero attached hydrogens (tertiary/aromatic N) is 1. The summed E-state index contributed by atoms with van der Waals surface area (Å²) in [6.45, 7) is 4.80. The monoisotopic (exact) mass is 292 g/mol. The van der Waals surface area contributed by atoms with Crippen LogP contribution in [0, 0.1) is 0 Å². The fraction of sp³-hybridized carbons (Fsp3) is 0.688. The predicted octanol–water partition coefficient (Wildman–Crippen LogP) is 2.84. The van der Waals surface area contributed by atoms with Crippen molar-refractivity contribution in [2.24, 2.45) is 0 Å². The van der Waals surface area contributed by atoms with Gasteiger partial charge < -0.3 is 10.2 Å². The van der Waals surface area contributed by atoms with E-state index in [0.717, 1.165) is 30.9 Å². The first-order valence-electron chi connectivity index (χ1n) is 7.89. The molecule has 1 atom stereocenters. The summed E-state index contributed by atoms with van der Waals surface area (Å²) >= 11 is 1.75. The van der Waals surface area contributed by atoms with E-state index in [-0.39, 0.29) is 5.91 Å². The van der Waals surface area contributed by atoms with Crippen molar-refractivity contribution in [1.29, 1.82) is 0 Å². The van der Waals surface area contributed by atoms with Crippen molar-refractivity contribution in [3.05, 3.63) is 21.4 Å². The molecule has 1 amide bonds. The van der Waals surface area contributed by atoms with Crippen molar-refractivity contribution < 1.29 is 4.79 Å². The van der Waals surface area contributed by atoms with Gasteiger partial charge in [0.15, 0.2) is 0 Å². The number of hydrogen-bond acceptors (Lipinski definition) is 3. The SMILES string of the molecule is CC1CNCCN1C(=O)c1cc2c(s1)CCCCCC2. The lowest BCUT2D eigenvalue weighted by atomic mass is 9.99. The van der Waals surface area contributed by atoms with Crippen molar-refractivity contribution in [3.63, 3.8) is 0 Å². The molecule has 3 rings (SSSR count). The third kappa shape index (κ3) is 2.91. The van der Waals surface area contributed by atoms with E-state index < -0.39 is 0 Å². The van der Waals surface area contributed by atoms with Crippen molar-refractivity contribution in [1.82, 2.24) is 10.2 Å². The Labute approximate surface area is 125 Å². The van der Waals surface area contributed by atoms with Gasteiger partial charge in [-0.15, -0.1) is 11.3 Å². The van der Waals surface area contributed by atoms with Gasteiger partial charge in [-0.2, -0.15) is 0 Å². The van der Waals surface area contributed by atoms with Crippen molar-refractivity contribution in [2.45, 2.75) is 51.5 Å². The highest BCUT2D eigenvalue weighted by Gasteiger charge is 2.26. The second kappa shape index (κ2) is 6.27. The standard InChI is InChI=1S/C16H24N2OS/c1-12-11-17-8-9-18(12)16(19)15-10-13-6-4-2-3-5-7-14(13)20-15/h10,12,17H,2-9,11H2,1H3. The Hall–Kier alpha value is -0.870. The number of amides is 1. The van der Waals surface area contributed by atoms with Gasteiger partial charge in [0, 0.05) is 30.6 Å². The summed E-state index contributed by atoms with van der Waals surface area (Å²) in [5.41, 5.74) is 1.45. The highest BCUT2D eigenvalue weighted by atomic mass is 32.1. The minimum absolute atomic E-state index is 0.246. The van der Waals surface area contributed by atoms with E-state index in [2.05, 4.69) is 18.3 Å². The zero-order valence-electron chi connectivity index (χ0n) is 12.3. The Balaban J connectivity index is 1.79. The number of fused-ring (bicyclic) bond motifs is 1. The van der Waals surface area contributed by atoms with Gasteiger partial charge in [-0.3, -0.25) is 4.79 Å². The van der Waals surface area contributed by atoms with E-state index in [4.69, 9.17) is 0 Å². The highest BCUT2D eigenvalue weighted by Crippen LogP contribution is 2.29. The van der Waals surface area contributed by atoms with Crippen LogP contribution in [-0.4, -0.2) is 36.5 Å². The molecule has 2 heterocycles. The summed E-state index contributed by atoms with van der Waals surface area (Å²) in [6, 6.07) is 2.49. The number of piperazine rings is 1. The maximum atomic E-state index is 12.7. The average molecular weight is 292 g/mol. The maximum Gasteiger partial charge on any atom is 0.264 e. The minimum atomic E-state index is 0.246. The first-order chi connectivity index (χ1) is 9.75. The summed E-state index contributed by atoms with van der Waals surface area (Å²) in [7, 11) is 0. The van der Waals surface area contributed by atoms with Gasteiger partial charge in [0.1, 0.15) is 0 Å². The fourth-order valence-corrected chi connectivity index (χ4v) is 4.44. The molecule has 1 saturated heterocycles. The molecule has 0 spiro atoms. The van der Waals surface area contributed by atoms with Crippen LogP contribution in [0.1, 0.15) is 52.7 Å². The van der Waals surface area contributed by atoms with E-state index in [1.165, 1.54) is 42.5 Å². The second-order valence-corrected chi connectivity index (χ2v) is 7.16. The van der Waals surface area contributed by atoms with Gasteiger partial charge in [0.25, 0.3) is 5.91 Å². The Morgan fingerprint density at radius 3 is 2.90 bits per heavy atom. The van der Waals surface area contributed by atoms with Crippen molar-refractivity contribution in [2.75, 3.05) is 19.6 Å². The minimum Gasteiger partial charge on any atom is -0.333 e. The van der Waals surface area contributed by atoms with Gasteiger partial charge in [-0.25, -0.2) is 0 Å². The molecule has 1 fully saturated rings. The zero-order valence-corrected chi connectivity index (χ0v) is 13.1. The van der Waals surface area contributed by atoms with E-state index >= 15 is 0 Å². The van der Waals surface area contributed by atoms with Crippen LogP contribution < -0.4 is 5.32 Å². The number of hydrogen-bond donors (Lipinski definition) is 1. The van der Waals surface area contributed by atoms with E-state index in [1.54, 1.807) is 11.3 Å². The lowest BCUT2D eigenvalue weighted by Gasteiger charge is -2.33. The van der Waals surface area contributed by atoms with E-state index in [1.807, 2.05) is 4.90 Å². The Morgan fingerprint density at radius 1 is 1.30 bits per heavy atom. The zero-order chi connectivity index (χ0) is 13.9. The van der Waals surface area contributed by atoms with Crippen LogP contribution in [0.2, 0.25) is 0 Å². The molecule has 1 aromatic rings. The number of nitrogens with one attached hydrogen (secondary N) is 1. The number of carbonyl (C=O) groups is 1. The molecule has 110 valence electrons. The van der Waals surface area contributed by atoms with Crippen LogP contribution in [0.15, 0.2) is 6.07 Å². The number of thiophene rings is 1. The number of aryl methyl sites for hydroxylation is 2. The summed E-state index contributed by atoms with van der Waals surface area (Å²) < 4.78 is 0. The Morgan fingerprint density at radius 2 is 2.10 bits per heavy atom. The van der Waals surface area contributed by atoms with Crippen LogP contribution in [0.3, 0.4) is 0 Å². The molecule has 0 radical (unpaired) electrons. The van der Waals surface area contributed by atoms with Gasteiger partial charge in [0.2, 0.25) is 0 Å². The molecule has 3 nitrogen and oxygen atoms in total. The van der Waals surface area contributed by atoms with Crippen molar-refractivity contribution in [3.8, 4) is 0 Å². The summed E-state index contributed by atoms with van der Waals surface area (Å²) in [5, 5.41) is 3.35. The molecule has 0 bridgehead atoms. The Kier molecular flexibility index (Phi) is 4.41. The second-order valence-electron chi connectivity index (χ2n) is 6.02. The molecule has 1 aromatic heterocycles. The number of carbonyl (C=O) groups excluding carboxylic acids is 1. The molecule has 1 aliphatic heterocycles. The van der Waals surface area contributed by atoms with Crippen LogP contribution in [0.25, 0.3) is 0 Å². The molecule has 4 heteroatoms. The maximum absolute atomic E-state index is 12.7. The largest absolute Gasteiger partial charge is 0.333 e. The first-order valence-corrected chi connectivity index (χ1v) is 8.70. The van der Waals surface area contributed by atoms with Gasteiger partial charge in [-0.05, 0) is 44.2 Å². The van der Waals surface area contributed by atoms with Gasteiger partial charge in [0.05, 0.1) is 4.88 Å². The molecule has 1 aliphatic carbocycles. The first kappa shape index (κ1) is 14.1. The smallest absolute Gasteiger partial charge is 0.264 e. The van der Waals surface area contributed by atoms with Crippen LogP contribution in [0.4, 0.5) is 0 Å². The molecular formula is C16H24N2OS. The summed E-state index contributed by atoms with van der Waals surface area (Å²) in [5.74, 6) is 0.246. The van der Waals surface area contributed by atoms with E-state index in [0.29, 0.717) is 6.04 Å². The van der Waals surface area contributed by atoms with Crippen LogP contribution >= 0.6 is 11.3 Å². The van der Waals surface area contributed by atoms with Crippen LogP contribution in [0.5, 0.6) is 0 Å². The molecule has 0 aromatic carbocycles. The third-order valence-corrected chi connectivity index (χ3v) is 5.69. The lowest BCUT2D eigenvalue weighted by Crippen LogP contribution is -2.52. The Bertz CT molecular complexity index is 457. The molecule has 0 saturated carbocycles.